The lowest BCUT2D eigenvalue weighted by molar-refractivity contribution is -0.116. The van der Waals surface area contributed by atoms with E-state index in [1.165, 1.54) is 0 Å². The number of hydrogen-bond acceptors (Lipinski definition) is 3. The Bertz CT molecular complexity index is 962. The molecule has 1 fully saturated rings. The molecular formula is C26H28ClN3O. The van der Waals surface area contributed by atoms with Crippen LogP contribution in [0.5, 0.6) is 0 Å². The molecule has 4 rings (SSSR count). The summed E-state index contributed by atoms with van der Waals surface area (Å²) in [6.45, 7) is 7.28. The van der Waals surface area contributed by atoms with Gasteiger partial charge in [-0.15, -0.1) is 0 Å². The Morgan fingerprint density at radius 1 is 0.903 bits per heavy atom. The highest BCUT2D eigenvalue weighted by molar-refractivity contribution is 6.33. The van der Waals surface area contributed by atoms with Gasteiger partial charge in [0.05, 0.1) is 16.6 Å². The molecular weight excluding hydrogens is 406 g/mol. The summed E-state index contributed by atoms with van der Waals surface area (Å²) in [5.74, 6) is -0.458. The Balaban J connectivity index is 1.52. The Morgan fingerprint density at radius 2 is 1.48 bits per heavy atom. The molecule has 1 aliphatic rings. The van der Waals surface area contributed by atoms with Crippen molar-refractivity contribution >= 4 is 28.9 Å². The van der Waals surface area contributed by atoms with Crippen LogP contribution in [0, 0.1) is 0 Å². The number of carbonyl (C=O) groups excluding carboxylic acids is 1. The first-order chi connectivity index (χ1) is 15.2. The van der Waals surface area contributed by atoms with E-state index in [4.69, 9.17) is 11.6 Å². The molecule has 1 amide bonds. The maximum atomic E-state index is 13.3. The number of piperazine rings is 1. The van der Waals surface area contributed by atoms with Gasteiger partial charge in [0, 0.05) is 31.9 Å². The van der Waals surface area contributed by atoms with E-state index in [2.05, 4.69) is 22.0 Å². The summed E-state index contributed by atoms with van der Waals surface area (Å²) in [6, 6.07) is 25.5. The topological polar surface area (TPSA) is 35.6 Å². The van der Waals surface area contributed by atoms with Crippen LogP contribution in [-0.2, 0) is 4.79 Å². The molecule has 5 heteroatoms. The van der Waals surface area contributed by atoms with E-state index in [9.17, 15) is 4.79 Å². The number of nitrogens with one attached hydrogen (secondary N) is 1. The second-order valence-electron chi connectivity index (χ2n) is 7.83. The van der Waals surface area contributed by atoms with Gasteiger partial charge in [0.15, 0.2) is 0 Å². The van der Waals surface area contributed by atoms with Crippen LogP contribution in [0.3, 0.4) is 0 Å². The lowest BCUT2D eigenvalue weighted by Crippen LogP contribution is -2.46. The molecule has 0 saturated carbocycles. The van der Waals surface area contributed by atoms with E-state index >= 15 is 0 Å². The molecule has 0 aromatic heterocycles. The number of nitrogens with zero attached hydrogens (tertiary/aromatic N) is 2. The lowest BCUT2D eigenvalue weighted by Gasteiger charge is -2.36. The zero-order valence-corrected chi connectivity index (χ0v) is 18.6. The highest BCUT2D eigenvalue weighted by Crippen LogP contribution is 2.31. The van der Waals surface area contributed by atoms with Crippen molar-refractivity contribution in [2.75, 3.05) is 42.9 Å². The third kappa shape index (κ3) is 5.09. The quantitative estimate of drug-likeness (QED) is 0.576. The molecule has 1 heterocycles. The van der Waals surface area contributed by atoms with E-state index in [1.807, 2.05) is 78.9 Å². The van der Waals surface area contributed by atoms with Crippen molar-refractivity contribution in [2.24, 2.45) is 0 Å². The molecule has 4 nitrogen and oxygen atoms in total. The van der Waals surface area contributed by atoms with Crippen molar-refractivity contribution in [1.29, 1.82) is 0 Å². The number of benzene rings is 3. The normalized spacial score (nSPS) is 14.6. The highest BCUT2D eigenvalue weighted by Gasteiger charge is 2.23. The van der Waals surface area contributed by atoms with Crippen LogP contribution in [0.25, 0.3) is 0 Å². The summed E-state index contributed by atoms with van der Waals surface area (Å²) in [5.41, 5.74) is 3.66. The predicted octanol–water partition coefficient (Wildman–Crippen LogP) is 5.25. The number of anilines is 2. The SMILES string of the molecule is CCN1CCN(c2ccc(NC(=O)C(c3ccccc3)c3ccccc3)cc2Cl)CC1. The monoisotopic (exact) mass is 433 g/mol. The third-order valence-corrected chi connectivity index (χ3v) is 6.21. The first kappa shape index (κ1) is 21.4. The van der Waals surface area contributed by atoms with Crippen molar-refractivity contribution in [2.45, 2.75) is 12.8 Å². The minimum atomic E-state index is -0.386. The fraction of sp³-hybridized carbons (Fsp3) is 0.269. The van der Waals surface area contributed by atoms with Gasteiger partial charge in [-0.2, -0.15) is 0 Å². The number of amides is 1. The minimum Gasteiger partial charge on any atom is -0.368 e. The van der Waals surface area contributed by atoms with Gasteiger partial charge in [-0.05, 0) is 35.9 Å². The predicted molar refractivity (Wildman–Crippen MR) is 129 cm³/mol. The number of likely N-dealkylation sites (N-methyl/N-ethyl adjacent to an activating group) is 1. The molecule has 0 unspecified atom stereocenters. The van der Waals surface area contributed by atoms with Crippen molar-refractivity contribution < 1.29 is 4.79 Å². The number of hydrogen-bond donors (Lipinski definition) is 1. The standard InChI is InChI=1S/C26H28ClN3O/c1-2-29-15-17-30(18-16-29)24-14-13-22(19-23(24)27)28-26(31)25(20-9-5-3-6-10-20)21-11-7-4-8-12-21/h3-14,19,25H,2,15-18H2,1H3,(H,28,31). The van der Waals surface area contributed by atoms with Crippen LogP contribution in [0.4, 0.5) is 11.4 Å². The van der Waals surface area contributed by atoms with Gasteiger partial charge in [0.25, 0.3) is 0 Å². The summed E-state index contributed by atoms with van der Waals surface area (Å²) in [4.78, 5) is 18.1. The molecule has 1 aliphatic heterocycles. The van der Waals surface area contributed by atoms with Gasteiger partial charge in [-0.25, -0.2) is 0 Å². The van der Waals surface area contributed by atoms with E-state index < -0.39 is 0 Å². The Labute approximate surface area is 189 Å². The Morgan fingerprint density at radius 3 is 2.00 bits per heavy atom. The molecule has 3 aromatic rings. The summed E-state index contributed by atoms with van der Waals surface area (Å²) in [5, 5.41) is 3.74. The second kappa shape index (κ2) is 9.99. The molecule has 0 bridgehead atoms. The summed E-state index contributed by atoms with van der Waals surface area (Å²) >= 11 is 6.62. The zero-order valence-electron chi connectivity index (χ0n) is 17.8. The van der Waals surface area contributed by atoms with Gasteiger partial charge in [0.1, 0.15) is 0 Å². The van der Waals surface area contributed by atoms with Crippen molar-refractivity contribution in [3.05, 3.63) is 95.0 Å². The Kier molecular flexibility index (Phi) is 6.90. The fourth-order valence-electron chi connectivity index (χ4n) is 4.15. The van der Waals surface area contributed by atoms with E-state index in [1.54, 1.807) is 0 Å². The maximum Gasteiger partial charge on any atom is 0.236 e. The van der Waals surface area contributed by atoms with E-state index in [0.29, 0.717) is 10.7 Å². The van der Waals surface area contributed by atoms with Gasteiger partial charge in [0.2, 0.25) is 5.91 Å². The number of halogens is 1. The Hall–Kier alpha value is -2.82. The van der Waals surface area contributed by atoms with Crippen LogP contribution >= 0.6 is 11.6 Å². The summed E-state index contributed by atoms with van der Waals surface area (Å²) < 4.78 is 0. The molecule has 160 valence electrons. The van der Waals surface area contributed by atoms with Gasteiger partial charge >= 0.3 is 0 Å². The molecule has 0 radical (unpaired) electrons. The van der Waals surface area contributed by atoms with Crippen LogP contribution < -0.4 is 10.2 Å². The first-order valence-corrected chi connectivity index (χ1v) is 11.2. The molecule has 3 aromatic carbocycles. The molecule has 1 saturated heterocycles. The molecule has 0 spiro atoms. The molecule has 1 N–H and O–H groups in total. The summed E-state index contributed by atoms with van der Waals surface area (Å²) in [7, 11) is 0. The number of carbonyl (C=O) groups is 1. The lowest BCUT2D eigenvalue weighted by atomic mass is 9.90. The van der Waals surface area contributed by atoms with Gasteiger partial charge in [-0.3, -0.25) is 4.79 Å². The largest absolute Gasteiger partial charge is 0.368 e. The average molecular weight is 434 g/mol. The number of rotatable bonds is 6. The van der Waals surface area contributed by atoms with Crippen molar-refractivity contribution in [3.8, 4) is 0 Å². The van der Waals surface area contributed by atoms with E-state index in [-0.39, 0.29) is 11.8 Å². The third-order valence-electron chi connectivity index (χ3n) is 5.90. The minimum absolute atomic E-state index is 0.0715. The summed E-state index contributed by atoms with van der Waals surface area (Å²) in [6.07, 6.45) is 0. The highest BCUT2D eigenvalue weighted by atomic mass is 35.5. The van der Waals surface area contributed by atoms with Crippen molar-refractivity contribution in [1.82, 2.24) is 4.90 Å². The van der Waals surface area contributed by atoms with Crippen LogP contribution in [-0.4, -0.2) is 43.5 Å². The van der Waals surface area contributed by atoms with Crippen molar-refractivity contribution in [3.63, 3.8) is 0 Å². The van der Waals surface area contributed by atoms with Crippen LogP contribution in [0.1, 0.15) is 24.0 Å². The fourth-order valence-corrected chi connectivity index (χ4v) is 4.45. The van der Waals surface area contributed by atoms with Crippen LogP contribution in [0.15, 0.2) is 78.9 Å². The van der Waals surface area contributed by atoms with Crippen LogP contribution in [0.2, 0.25) is 5.02 Å². The van der Waals surface area contributed by atoms with E-state index in [0.717, 1.165) is 49.5 Å². The smallest absolute Gasteiger partial charge is 0.236 e. The zero-order chi connectivity index (χ0) is 21.6. The second-order valence-corrected chi connectivity index (χ2v) is 8.24. The molecule has 0 aliphatic carbocycles. The van der Waals surface area contributed by atoms with Gasteiger partial charge in [-0.1, -0.05) is 79.2 Å². The molecule has 31 heavy (non-hydrogen) atoms. The van der Waals surface area contributed by atoms with Gasteiger partial charge < -0.3 is 15.1 Å². The molecule has 0 atom stereocenters. The first-order valence-electron chi connectivity index (χ1n) is 10.8. The maximum absolute atomic E-state index is 13.3. The average Bonchev–Trinajstić information content (AvgIpc) is 2.81.